The topological polar surface area (TPSA) is 89.3 Å². The van der Waals surface area contributed by atoms with Gasteiger partial charge in [0.15, 0.2) is 5.78 Å². The van der Waals surface area contributed by atoms with Crippen molar-refractivity contribution in [3.8, 4) is 0 Å². The summed E-state index contributed by atoms with van der Waals surface area (Å²) in [6.07, 6.45) is 0. The summed E-state index contributed by atoms with van der Waals surface area (Å²) in [5.41, 5.74) is 0.687. The van der Waals surface area contributed by atoms with Crippen molar-refractivity contribution >= 4 is 50.6 Å². The summed E-state index contributed by atoms with van der Waals surface area (Å²) in [5.74, 6) is -0.930. The Balaban J connectivity index is 1.97. The molecule has 0 aromatic heterocycles. The van der Waals surface area contributed by atoms with Crippen molar-refractivity contribution in [3.05, 3.63) is 103 Å². The van der Waals surface area contributed by atoms with Crippen molar-refractivity contribution in [2.75, 3.05) is 5.32 Å². The molecule has 0 fully saturated rings. The monoisotopic (exact) mass is 458 g/mol. The first-order valence-corrected chi connectivity index (χ1v) is 9.18. The van der Waals surface area contributed by atoms with Crippen LogP contribution in [0.25, 0.3) is 0 Å². The molecule has 3 aromatic rings. The van der Waals surface area contributed by atoms with E-state index >= 15 is 0 Å². The second-order valence-corrected chi connectivity index (χ2v) is 7.08. The summed E-state index contributed by atoms with van der Waals surface area (Å²) in [4.78, 5) is 35.9. The van der Waals surface area contributed by atoms with Crippen molar-refractivity contribution < 1.29 is 14.5 Å². The molecule has 1 amide bonds. The highest BCUT2D eigenvalue weighted by molar-refractivity contribution is 9.10. The number of hydrogen-bond acceptors (Lipinski definition) is 4. The lowest BCUT2D eigenvalue weighted by atomic mass is 10.0. The van der Waals surface area contributed by atoms with Crippen LogP contribution < -0.4 is 5.32 Å². The summed E-state index contributed by atoms with van der Waals surface area (Å²) in [7, 11) is 0. The Hall–Kier alpha value is -3.03. The number of nitro groups is 1. The van der Waals surface area contributed by atoms with E-state index in [2.05, 4.69) is 21.2 Å². The summed E-state index contributed by atoms with van der Waals surface area (Å²) in [6.45, 7) is 0. The number of rotatable bonds is 5. The van der Waals surface area contributed by atoms with Gasteiger partial charge in [0.2, 0.25) is 0 Å². The number of amides is 1. The van der Waals surface area contributed by atoms with E-state index in [0.29, 0.717) is 10.0 Å². The maximum Gasteiger partial charge on any atom is 0.270 e. The normalized spacial score (nSPS) is 10.4. The summed E-state index contributed by atoms with van der Waals surface area (Å²) >= 11 is 9.35. The molecule has 0 saturated carbocycles. The highest BCUT2D eigenvalue weighted by Gasteiger charge is 2.19. The minimum absolute atomic E-state index is 0.0584. The van der Waals surface area contributed by atoms with Gasteiger partial charge >= 0.3 is 0 Å². The van der Waals surface area contributed by atoms with Gasteiger partial charge in [-0.05, 0) is 24.3 Å². The quantitative estimate of drug-likeness (QED) is 0.310. The fourth-order valence-corrected chi connectivity index (χ4v) is 3.11. The van der Waals surface area contributed by atoms with Crippen LogP contribution in [0.3, 0.4) is 0 Å². The number of halogens is 2. The van der Waals surface area contributed by atoms with E-state index in [1.165, 1.54) is 12.1 Å². The second-order valence-electron chi connectivity index (χ2n) is 5.76. The van der Waals surface area contributed by atoms with Gasteiger partial charge in [0, 0.05) is 27.7 Å². The van der Waals surface area contributed by atoms with E-state index in [4.69, 9.17) is 11.6 Å². The molecule has 0 saturated heterocycles. The van der Waals surface area contributed by atoms with Gasteiger partial charge in [-0.1, -0.05) is 57.9 Å². The van der Waals surface area contributed by atoms with Gasteiger partial charge in [-0.3, -0.25) is 19.7 Å². The number of nitrogens with one attached hydrogen (secondary N) is 1. The van der Waals surface area contributed by atoms with Gasteiger partial charge in [0.05, 0.1) is 21.2 Å². The molecule has 1 N–H and O–H groups in total. The van der Waals surface area contributed by atoms with E-state index in [1.54, 1.807) is 48.5 Å². The molecule has 0 aliphatic carbocycles. The van der Waals surface area contributed by atoms with Gasteiger partial charge < -0.3 is 5.32 Å². The second kappa shape index (κ2) is 8.33. The number of carbonyl (C=O) groups excluding carboxylic acids is 2. The highest BCUT2D eigenvalue weighted by atomic mass is 79.9. The molecule has 0 radical (unpaired) electrons. The van der Waals surface area contributed by atoms with Crippen LogP contribution in [0.2, 0.25) is 5.02 Å². The van der Waals surface area contributed by atoms with Crippen molar-refractivity contribution in [1.82, 2.24) is 0 Å². The van der Waals surface area contributed by atoms with Crippen LogP contribution in [0.1, 0.15) is 26.3 Å². The average molecular weight is 460 g/mol. The highest BCUT2D eigenvalue weighted by Crippen LogP contribution is 2.27. The molecule has 0 heterocycles. The van der Waals surface area contributed by atoms with E-state index in [-0.39, 0.29) is 33.3 Å². The lowest BCUT2D eigenvalue weighted by molar-refractivity contribution is -0.384. The third-order valence-electron chi connectivity index (χ3n) is 3.92. The predicted molar refractivity (Wildman–Crippen MR) is 110 cm³/mol. The number of ketones is 1. The maximum atomic E-state index is 12.9. The number of carbonyl (C=O) groups is 2. The van der Waals surface area contributed by atoms with Gasteiger partial charge in [-0.25, -0.2) is 0 Å². The van der Waals surface area contributed by atoms with E-state index in [1.807, 2.05) is 0 Å². The minimum atomic E-state index is -0.655. The zero-order valence-electron chi connectivity index (χ0n) is 14.2. The molecule has 3 rings (SSSR count). The molecule has 28 heavy (non-hydrogen) atoms. The number of non-ortho nitro benzene ring substituents is 1. The predicted octanol–water partition coefficient (Wildman–Crippen LogP) is 5.49. The zero-order chi connectivity index (χ0) is 20.3. The van der Waals surface area contributed by atoms with Crippen LogP contribution >= 0.6 is 27.5 Å². The van der Waals surface area contributed by atoms with E-state index in [0.717, 1.165) is 6.07 Å². The molecule has 0 aliphatic heterocycles. The van der Waals surface area contributed by atoms with Gasteiger partial charge in [-0.15, -0.1) is 0 Å². The van der Waals surface area contributed by atoms with Crippen molar-refractivity contribution in [3.63, 3.8) is 0 Å². The molecular weight excluding hydrogens is 448 g/mol. The first kappa shape index (κ1) is 19.7. The van der Waals surface area contributed by atoms with Crippen LogP contribution in [0.5, 0.6) is 0 Å². The Bertz CT molecular complexity index is 1090. The number of hydrogen-bond donors (Lipinski definition) is 1. The standard InChI is InChI=1S/C20H12BrClN2O4/c21-13-6-9-18(16(10-13)19(25)12-4-2-1-3-5-12)23-20(26)15-11-14(24(27)28)7-8-17(15)22/h1-11H,(H,23,26). The Kier molecular flexibility index (Phi) is 5.87. The lowest BCUT2D eigenvalue weighted by Gasteiger charge is -2.12. The van der Waals surface area contributed by atoms with Crippen LogP contribution in [-0.2, 0) is 0 Å². The molecule has 140 valence electrons. The van der Waals surface area contributed by atoms with E-state index < -0.39 is 10.8 Å². The van der Waals surface area contributed by atoms with Crippen molar-refractivity contribution in [2.45, 2.75) is 0 Å². The first-order chi connectivity index (χ1) is 13.4. The minimum Gasteiger partial charge on any atom is -0.321 e. The molecule has 0 bridgehead atoms. The molecule has 3 aromatic carbocycles. The lowest BCUT2D eigenvalue weighted by Crippen LogP contribution is -2.16. The van der Waals surface area contributed by atoms with Crippen LogP contribution in [0.4, 0.5) is 11.4 Å². The number of nitrogens with zero attached hydrogens (tertiary/aromatic N) is 1. The van der Waals surface area contributed by atoms with Crippen molar-refractivity contribution in [1.29, 1.82) is 0 Å². The molecule has 0 unspecified atom stereocenters. The number of anilines is 1. The third kappa shape index (κ3) is 4.27. The smallest absolute Gasteiger partial charge is 0.270 e. The first-order valence-electron chi connectivity index (χ1n) is 8.01. The summed E-state index contributed by atoms with van der Waals surface area (Å²) in [5, 5.41) is 13.7. The number of nitro benzene ring substituents is 1. The molecule has 6 nitrogen and oxygen atoms in total. The summed E-state index contributed by atoms with van der Waals surface area (Å²) < 4.78 is 0.665. The van der Waals surface area contributed by atoms with Crippen LogP contribution in [0, 0.1) is 10.1 Å². The number of benzene rings is 3. The van der Waals surface area contributed by atoms with Crippen LogP contribution in [-0.4, -0.2) is 16.6 Å². The van der Waals surface area contributed by atoms with Gasteiger partial charge in [-0.2, -0.15) is 0 Å². The average Bonchev–Trinajstić information content (AvgIpc) is 2.69. The van der Waals surface area contributed by atoms with Gasteiger partial charge in [0.25, 0.3) is 11.6 Å². The molecule has 0 atom stereocenters. The zero-order valence-corrected chi connectivity index (χ0v) is 16.5. The molecule has 0 spiro atoms. The van der Waals surface area contributed by atoms with Crippen LogP contribution in [0.15, 0.2) is 71.2 Å². The molecular formula is C20H12BrClN2O4. The maximum absolute atomic E-state index is 12.9. The fraction of sp³-hybridized carbons (Fsp3) is 0. The Labute approximate surface area is 173 Å². The Morgan fingerprint density at radius 3 is 2.36 bits per heavy atom. The summed E-state index contributed by atoms with van der Waals surface area (Å²) in [6, 6.07) is 17.1. The van der Waals surface area contributed by atoms with Crippen molar-refractivity contribution in [2.24, 2.45) is 0 Å². The van der Waals surface area contributed by atoms with Gasteiger partial charge in [0.1, 0.15) is 0 Å². The fourth-order valence-electron chi connectivity index (χ4n) is 2.55. The molecule has 0 aliphatic rings. The van der Waals surface area contributed by atoms with E-state index in [9.17, 15) is 19.7 Å². The molecule has 8 heteroatoms. The SMILES string of the molecule is O=C(Nc1ccc(Br)cc1C(=O)c1ccccc1)c1cc([N+](=O)[O-])ccc1Cl. The Morgan fingerprint density at radius 1 is 0.964 bits per heavy atom. The Morgan fingerprint density at radius 2 is 1.68 bits per heavy atom. The third-order valence-corrected chi connectivity index (χ3v) is 4.74. The largest absolute Gasteiger partial charge is 0.321 e.